The molecule has 0 aliphatic carbocycles. The molecule has 2 rings (SSSR count). The monoisotopic (exact) mass is 232 g/mol. The molecule has 2 heterocycles. The van der Waals surface area contributed by atoms with E-state index in [1.807, 2.05) is 18.7 Å². The molecule has 1 saturated heterocycles. The lowest BCUT2D eigenvalue weighted by molar-refractivity contribution is 0.340. The molecule has 2 unspecified atom stereocenters. The molecule has 5 heteroatoms. The standard InChI is InChI=1S/C9H13ClN2OS/c1-6(10)7-11-8(13-12-7)9(2)4-3-5-14-9/h6H,3-5H2,1-2H3. The van der Waals surface area contributed by atoms with Gasteiger partial charge in [-0.15, -0.1) is 23.4 Å². The lowest BCUT2D eigenvalue weighted by Gasteiger charge is -2.16. The molecule has 0 N–H and O–H groups in total. The Morgan fingerprint density at radius 2 is 2.43 bits per heavy atom. The number of nitrogens with zero attached hydrogens (tertiary/aromatic N) is 2. The van der Waals surface area contributed by atoms with Crippen LogP contribution in [-0.4, -0.2) is 15.9 Å². The fourth-order valence-electron chi connectivity index (χ4n) is 1.56. The summed E-state index contributed by atoms with van der Waals surface area (Å²) in [6.07, 6.45) is 2.32. The fourth-order valence-corrected chi connectivity index (χ4v) is 2.88. The summed E-state index contributed by atoms with van der Waals surface area (Å²) >= 11 is 7.76. The molecule has 2 atom stereocenters. The molecule has 78 valence electrons. The third-order valence-corrected chi connectivity index (χ3v) is 4.17. The zero-order valence-electron chi connectivity index (χ0n) is 8.29. The van der Waals surface area contributed by atoms with Crippen molar-refractivity contribution < 1.29 is 4.52 Å². The van der Waals surface area contributed by atoms with Crippen LogP contribution in [-0.2, 0) is 4.75 Å². The van der Waals surface area contributed by atoms with E-state index in [2.05, 4.69) is 17.1 Å². The van der Waals surface area contributed by atoms with Gasteiger partial charge in [0.25, 0.3) is 0 Å². The van der Waals surface area contributed by atoms with Gasteiger partial charge in [-0.1, -0.05) is 5.16 Å². The van der Waals surface area contributed by atoms with E-state index in [0.717, 1.165) is 12.3 Å². The van der Waals surface area contributed by atoms with Gasteiger partial charge in [0.1, 0.15) is 0 Å². The highest BCUT2D eigenvalue weighted by Crippen LogP contribution is 2.45. The van der Waals surface area contributed by atoms with Gasteiger partial charge in [-0.3, -0.25) is 0 Å². The fraction of sp³-hybridized carbons (Fsp3) is 0.778. The lowest BCUT2D eigenvalue weighted by Crippen LogP contribution is -2.13. The maximum atomic E-state index is 5.88. The molecule has 14 heavy (non-hydrogen) atoms. The topological polar surface area (TPSA) is 38.9 Å². The summed E-state index contributed by atoms with van der Waals surface area (Å²) in [6.45, 7) is 4.00. The van der Waals surface area contributed by atoms with Crippen LogP contribution >= 0.6 is 23.4 Å². The van der Waals surface area contributed by atoms with E-state index in [1.165, 1.54) is 12.2 Å². The molecule has 1 aromatic heterocycles. The van der Waals surface area contributed by atoms with Crippen molar-refractivity contribution in [3.63, 3.8) is 0 Å². The number of hydrogen-bond donors (Lipinski definition) is 0. The molecule has 1 aliphatic heterocycles. The minimum atomic E-state index is -0.178. The van der Waals surface area contributed by atoms with Crippen LogP contribution in [0.5, 0.6) is 0 Å². The van der Waals surface area contributed by atoms with Gasteiger partial charge in [-0.25, -0.2) is 0 Å². The Labute approximate surface area is 92.6 Å². The van der Waals surface area contributed by atoms with Gasteiger partial charge in [-0.2, -0.15) is 4.98 Å². The highest BCUT2D eigenvalue weighted by Gasteiger charge is 2.37. The average Bonchev–Trinajstić information content (AvgIpc) is 2.71. The van der Waals surface area contributed by atoms with E-state index >= 15 is 0 Å². The summed E-state index contributed by atoms with van der Waals surface area (Å²) < 4.78 is 5.26. The Bertz CT molecular complexity index is 320. The van der Waals surface area contributed by atoms with Crippen LogP contribution in [0.15, 0.2) is 4.52 Å². The Hall–Kier alpha value is -0.220. The maximum absolute atomic E-state index is 5.88. The van der Waals surface area contributed by atoms with Gasteiger partial charge in [0.2, 0.25) is 5.89 Å². The van der Waals surface area contributed by atoms with E-state index in [4.69, 9.17) is 16.1 Å². The van der Waals surface area contributed by atoms with Crippen LogP contribution in [0.1, 0.15) is 43.8 Å². The van der Waals surface area contributed by atoms with Crippen molar-refractivity contribution >= 4 is 23.4 Å². The zero-order chi connectivity index (χ0) is 10.2. The van der Waals surface area contributed by atoms with Gasteiger partial charge in [0.05, 0.1) is 10.1 Å². The molecule has 1 fully saturated rings. The van der Waals surface area contributed by atoms with Crippen LogP contribution in [0.2, 0.25) is 0 Å². The van der Waals surface area contributed by atoms with Crippen molar-refractivity contribution in [1.82, 2.24) is 10.1 Å². The molecule has 1 aliphatic rings. The average molecular weight is 233 g/mol. The second-order valence-corrected chi connectivity index (χ2v) is 6.01. The molecule has 3 nitrogen and oxygen atoms in total. The Balaban J connectivity index is 2.23. The third-order valence-electron chi connectivity index (χ3n) is 2.47. The Kier molecular flexibility index (Phi) is 2.75. The summed E-state index contributed by atoms with van der Waals surface area (Å²) in [5.41, 5.74) is 0. The molecule has 0 aromatic carbocycles. The summed E-state index contributed by atoms with van der Waals surface area (Å²) in [5.74, 6) is 2.49. The summed E-state index contributed by atoms with van der Waals surface area (Å²) in [6, 6.07) is 0. The van der Waals surface area contributed by atoms with E-state index < -0.39 is 0 Å². The van der Waals surface area contributed by atoms with Gasteiger partial charge in [0, 0.05) is 0 Å². The Morgan fingerprint density at radius 1 is 1.64 bits per heavy atom. The van der Waals surface area contributed by atoms with E-state index in [1.54, 1.807) is 0 Å². The van der Waals surface area contributed by atoms with Crippen LogP contribution in [0, 0.1) is 0 Å². The van der Waals surface area contributed by atoms with Gasteiger partial charge in [0.15, 0.2) is 5.82 Å². The number of halogens is 1. The molecular weight excluding hydrogens is 220 g/mol. The van der Waals surface area contributed by atoms with Crippen LogP contribution < -0.4 is 0 Å². The summed E-state index contributed by atoms with van der Waals surface area (Å²) in [7, 11) is 0. The van der Waals surface area contributed by atoms with Crippen LogP contribution in [0.3, 0.4) is 0 Å². The summed E-state index contributed by atoms with van der Waals surface area (Å²) in [5, 5.41) is 3.70. The smallest absolute Gasteiger partial charge is 0.242 e. The van der Waals surface area contributed by atoms with Crippen molar-refractivity contribution in [3.8, 4) is 0 Å². The minimum Gasteiger partial charge on any atom is -0.338 e. The first-order valence-corrected chi connectivity index (χ1v) is 6.16. The number of thioether (sulfide) groups is 1. The van der Waals surface area contributed by atoms with E-state index in [-0.39, 0.29) is 10.1 Å². The first-order chi connectivity index (χ1) is 6.62. The normalized spacial score (nSPS) is 29.4. The van der Waals surface area contributed by atoms with Gasteiger partial charge >= 0.3 is 0 Å². The number of hydrogen-bond acceptors (Lipinski definition) is 4. The van der Waals surface area contributed by atoms with E-state index in [9.17, 15) is 0 Å². The Morgan fingerprint density at radius 3 is 2.93 bits per heavy atom. The van der Waals surface area contributed by atoms with E-state index in [0.29, 0.717) is 5.82 Å². The molecule has 1 aromatic rings. The van der Waals surface area contributed by atoms with Crippen molar-refractivity contribution in [3.05, 3.63) is 11.7 Å². The zero-order valence-corrected chi connectivity index (χ0v) is 9.86. The van der Waals surface area contributed by atoms with Crippen LogP contribution in [0.4, 0.5) is 0 Å². The first kappa shape index (κ1) is 10.3. The molecule has 0 spiro atoms. The molecular formula is C9H13ClN2OS. The van der Waals surface area contributed by atoms with Crippen molar-refractivity contribution in [2.75, 3.05) is 5.75 Å². The second kappa shape index (κ2) is 3.74. The molecule has 0 saturated carbocycles. The number of rotatable bonds is 2. The molecule has 0 bridgehead atoms. The SMILES string of the molecule is CC(Cl)c1noc(C2(C)CCCS2)n1. The number of aromatic nitrogens is 2. The second-order valence-electron chi connectivity index (χ2n) is 3.76. The lowest BCUT2D eigenvalue weighted by atomic mass is 10.1. The number of alkyl halides is 1. The summed E-state index contributed by atoms with van der Waals surface area (Å²) in [4.78, 5) is 4.33. The molecule has 0 amide bonds. The van der Waals surface area contributed by atoms with Crippen LogP contribution in [0.25, 0.3) is 0 Å². The van der Waals surface area contributed by atoms with Gasteiger partial charge < -0.3 is 4.52 Å². The highest BCUT2D eigenvalue weighted by atomic mass is 35.5. The van der Waals surface area contributed by atoms with Gasteiger partial charge in [-0.05, 0) is 32.4 Å². The minimum absolute atomic E-state index is 0.0109. The maximum Gasteiger partial charge on any atom is 0.242 e. The first-order valence-electron chi connectivity index (χ1n) is 4.74. The van der Waals surface area contributed by atoms with Crippen molar-refractivity contribution in [2.45, 2.75) is 36.8 Å². The molecule has 0 radical (unpaired) electrons. The van der Waals surface area contributed by atoms with Crippen molar-refractivity contribution in [1.29, 1.82) is 0 Å². The predicted molar refractivity (Wildman–Crippen MR) is 57.6 cm³/mol. The van der Waals surface area contributed by atoms with Crippen molar-refractivity contribution in [2.24, 2.45) is 0 Å². The highest BCUT2D eigenvalue weighted by molar-refractivity contribution is 8.00. The predicted octanol–water partition coefficient (Wildman–Crippen LogP) is 3.11. The third kappa shape index (κ3) is 1.77. The quantitative estimate of drug-likeness (QED) is 0.735. The largest absolute Gasteiger partial charge is 0.338 e.